The van der Waals surface area contributed by atoms with Crippen molar-refractivity contribution in [2.45, 2.75) is 59.9 Å². The first-order valence-electron chi connectivity index (χ1n) is 10.1. The lowest BCUT2D eigenvalue weighted by atomic mass is 9.97. The van der Waals surface area contributed by atoms with Gasteiger partial charge in [-0.3, -0.25) is 4.79 Å². The van der Waals surface area contributed by atoms with E-state index in [1.807, 2.05) is 33.8 Å². The molecule has 3 rings (SSSR count). The Kier molecular flexibility index (Phi) is 6.01. The normalized spacial score (nSPS) is 13.5. The average Bonchev–Trinajstić information content (AvgIpc) is 3.07. The van der Waals surface area contributed by atoms with E-state index in [9.17, 15) is 19.5 Å². The molecule has 7 heteroatoms. The molecule has 7 nitrogen and oxygen atoms in total. The van der Waals surface area contributed by atoms with Crippen LogP contribution in [0.4, 0.5) is 0 Å². The zero-order valence-electron chi connectivity index (χ0n) is 17.9. The zero-order chi connectivity index (χ0) is 22.2. The van der Waals surface area contributed by atoms with Crippen molar-refractivity contribution in [3.63, 3.8) is 0 Å². The quantitative estimate of drug-likeness (QED) is 0.566. The van der Waals surface area contributed by atoms with Crippen molar-refractivity contribution in [2.24, 2.45) is 5.92 Å². The van der Waals surface area contributed by atoms with E-state index in [2.05, 4.69) is 5.32 Å². The van der Waals surface area contributed by atoms with E-state index in [1.165, 1.54) is 0 Å². The van der Waals surface area contributed by atoms with Crippen molar-refractivity contribution in [3.05, 3.63) is 45.0 Å². The number of aryl methyl sites for hydroxylation is 3. The molecule has 0 saturated carbocycles. The number of fused-ring (bicyclic) bond motifs is 2. The van der Waals surface area contributed by atoms with E-state index >= 15 is 0 Å². The van der Waals surface area contributed by atoms with Gasteiger partial charge in [0.1, 0.15) is 17.2 Å². The third-order valence-electron chi connectivity index (χ3n) is 5.93. The molecule has 0 saturated heterocycles. The molecule has 0 bridgehead atoms. The van der Waals surface area contributed by atoms with Crippen LogP contribution in [0.2, 0.25) is 0 Å². The van der Waals surface area contributed by atoms with Gasteiger partial charge in [0.2, 0.25) is 5.91 Å². The van der Waals surface area contributed by atoms with Crippen molar-refractivity contribution < 1.29 is 23.5 Å². The summed E-state index contributed by atoms with van der Waals surface area (Å²) in [6, 6.07) is 0.999. The highest BCUT2D eigenvalue weighted by Crippen LogP contribution is 2.32. The van der Waals surface area contributed by atoms with Crippen LogP contribution in [-0.4, -0.2) is 23.0 Å². The summed E-state index contributed by atoms with van der Waals surface area (Å²) in [6.45, 7) is 9.29. The number of carboxylic acids is 1. The number of carbonyl (C=O) groups excluding carboxylic acids is 1. The van der Waals surface area contributed by atoms with Crippen molar-refractivity contribution in [2.75, 3.05) is 0 Å². The number of benzene rings is 1. The molecule has 2 heterocycles. The molecule has 2 N–H and O–H groups in total. The number of hydrogen-bond donors (Lipinski definition) is 2. The minimum Gasteiger partial charge on any atom is -0.480 e. The van der Waals surface area contributed by atoms with E-state index in [4.69, 9.17) is 8.83 Å². The first kappa shape index (κ1) is 21.6. The molecule has 0 aliphatic rings. The monoisotopic (exact) mass is 413 g/mol. The molecular weight excluding hydrogens is 386 g/mol. The molecule has 0 unspecified atom stereocenters. The molecule has 0 spiro atoms. The largest absolute Gasteiger partial charge is 0.480 e. The number of rotatable bonds is 7. The lowest BCUT2D eigenvalue weighted by Crippen LogP contribution is -2.45. The van der Waals surface area contributed by atoms with Gasteiger partial charge in [0.25, 0.3) is 0 Å². The predicted octanol–water partition coefficient (Wildman–Crippen LogP) is 4.01. The third kappa shape index (κ3) is 3.84. The maximum absolute atomic E-state index is 12.6. The van der Waals surface area contributed by atoms with Crippen LogP contribution in [-0.2, 0) is 16.0 Å². The SMILES string of the molecule is CC[C@@H](C)[C@@H](NC(=O)CCc1c(C)c2cc3c(C)coc3c(C)c2oc1=O)C(=O)O. The molecule has 1 aromatic carbocycles. The third-order valence-corrected chi connectivity index (χ3v) is 5.93. The first-order valence-corrected chi connectivity index (χ1v) is 10.1. The second kappa shape index (κ2) is 8.34. The number of nitrogens with one attached hydrogen (secondary N) is 1. The van der Waals surface area contributed by atoms with Gasteiger partial charge in [0, 0.05) is 28.3 Å². The predicted molar refractivity (Wildman–Crippen MR) is 114 cm³/mol. The highest BCUT2D eigenvalue weighted by molar-refractivity contribution is 5.99. The molecule has 30 heavy (non-hydrogen) atoms. The number of aliphatic carboxylic acids is 1. The first-order chi connectivity index (χ1) is 14.1. The lowest BCUT2D eigenvalue weighted by Gasteiger charge is -2.20. The Bertz CT molecular complexity index is 1190. The van der Waals surface area contributed by atoms with Gasteiger partial charge in [0.15, 0.2) is 0 Å². The summed E-state index contributed by atoms with van der Waals surface area (Å²) in [7, 11) is 0. The summed E-state index contributed by atoms with van der Waals surface area (Å²) in [5.41, 5.74) is 3.62. The molecule has 2 aromatic heterocycles. The number of furan rings is 1. The smallest absolute Gasteiger partial charge is 0.339 e. The Balaban J connectivity index is 1.90. The van der Waals surface area contributed by atoms with E-state index in [-0.39, 0.29) is 18.8 Å². The van der Waals surface area contributed by atoms with Gasteiger partial charge in [0.05, 0.1) is 6.26 Å². The fraction of sp³-hybridized carbons (Fsp3) is 0.435. The van der Waals surface area contributed by atoms with Gasteiger partial charge in [-0.05, 0) is 50.3 Å². The maximum atomic E-state index is 12.6. The van der Waals surface area contributed by atoms with E-state index in [0.29, 0.717) is 23.2 Å². The van der Waals surface area contributed by atoms with Gasteiger partial charge in [-0.25, -0.2) is 9.59 Å². The van der Waals surface area contributed by atoms with Crippen molar-refractivity contribution >= 4 is 33.8 Å². The highest BCUT2D eigenvalue weighted by atomic mass is 16.4. The van der Waals surface area contributed by atoms with Gasteiger partial charge in [-0.15, -0.1) is 0 Å². The Morgan fingerprint density at radius 2 is 1.83 bits per heavy atom. The molecule has 3 aromatic rings. The Morgan fingerprint density at radius 1 is 1.13 bits per heavy atom. The van der Waals surface area contributed by atoms with Crippen LogP contribution in [0, 0.1) is 26.7 Å². The molecule has 0 fully saturated rings. The summed E-state index contributed by atoms with van der Waals surface area (Å²) in [4.78, 5) is 36.4. The van der Waals surface area contributed by atoms with Crippen molar-refractivity contribution in [1.29, 1.82) is 0 Å². The van der Waals surface area contributed by atoms with Crippen LogP contribution < -0.4 is 10.9 Å². The van der Waals surface area contributed by atoms with Crippen LogP contribution in [0.25, 0.3) is 21.9 Å². The van der Waals surface area contributed by atoms with Crippen LogP contribution in [0.3, 0.4) is 0 Å². The average molecular weight is 413 g/mol. The van der Waals surface area contributed by atoms with Gasteiger partial charge >= 0.3 is 11.6 Å². The van der Waals surface area contributed by atoms with Crippen molar-refractivity contribution in [3.8, 4) is 0 Å². The minimum absolute atomic E-state index is 0.00326. The summed E-state index contributed by atoms with van der Waals surface area (Å²) < 4.78 is 11.2. The molecule has 160 valence electrons. The zero-order valence-corrected chi connectivity index (χ0v) is 17.9. The topological polar surface area (TPSA) is 110 Å². The van der Waals surface area contributed by atoms with Crippen LogP contribution in [0.1, 0.15) is 48.9 Å². The number of carbonyl (C=O) groups is 2. The number of hydrogen-bond acceptors (Lipinski definition) is 5. The summed E-state index contributed by atoms with van der Waals surface area (Å²) in [6.07, 6.45) is 2.48. The fourth-order valence-electron chi connectivity index (χ4n) is 3.77. The number of amides is 1. The standard InChI is InChI=1S/C23H27NO6/c1-6-11(2)19(22(26)27)24-18(25)8-7-15-13(4)17-9-16-12(3)10-29-20(16)14(5)21(17)30-23(15)28/h9-11,19H,6-8H2,1-5H3,(H,24,25)(H,26,27)/t11-,19-/m1/s1. The van der Waals surface area contributed by atoms with Crippen LogP contribution in [0.15, 0.2) is 26.0 Å². The summed E-state index contributed by atoms with van der Waals surface area (Å²) in [5, 5.41) is 13.7. The van der Waals surface area contributed by atoms with E-state index in [0.717, 1.165) is 27.5 Å². The lowest BCUT2D eigenvalue weighted by molar-refractivity contribution is -0.143. The second-order valence-corrected chi connectivity index (χ2v) is 7.94. The van der Waals surface area contributed by atoms with E-state index < -0.39 is 23.5 Å². The highest BCUT2D eigenvalue weighted by Gasteiger charge is 2.25. The van der Waals surface area contributed by atoms with Crippen molar-refractivity contribution in [1.82, 2.24) is 5.32 Å². The Hall–Kier alpha value is -3.09. The molecule has 1 amide bonds. The molecule has 0 aliphatic carbocycles. The van der Waals surface area contributed by atoms with Crippen LogP contribution in [0.5, 0.6) is 0 Å². The Morgan fingerprint density at radius 3 is 2.47 bits per heavy atom. The molecule has 0 radical (unpaired) electrons. The number of carboxylic acid groups (broad SMARTS) is 1. The molecular formula is C23H27NO6. The summed E-state index contributed by atoms with van der Waals surface area (Å²) >= 11 is 0. The second-order valence-electron chi connectivity index (χ2n) is 7.94. The minimum atomic E-state index is -1.06. The molecule has 0 aliphatic heterocycles. The van der Waals surface area contributed by atoms with Gasteiger partial charge in [-0.1, -0.05) is 20.3 Å². The molecule has 2 atom stereocenters. The maximum Gasteiger partial charge on any atom is 0.339 e. The Labute approximate surface area is 174 Å². The van der Waals surface area contributed by atoms with Gasteiger partial charge < -0.3 is 19.3 Å². The van der Waals surface area contributed by atoms with Gasteiger partial charge in [-0.2, -0.15) is 0 Å². The van der Waals surface area contributed by atoms with E-state index in [1.54, 1.807) is 13.2 Å². The van der Waals surface area contributed by atoms with Crippen LogP contribution >= 0.6 is 0 Å². The summed E-state index contributed by atoms with van der Waals surface area (Å²) in [5.74, 6) is -1.66. The fourth-order valence-corrected chi connectivity index (χ4v) is 3.77.